The van der Waals surface area contributed by atoms with E-state index < -0.39 is 0 Å². The molecule has 1 heterocycles. The Kier molecular flexibility index (Phi) is 2.83. The molecule has 0 fully saturated rings. The number of aromatic amines is 1. The highest BCUT2D eigenvalue weighted by Crippen LogP contribution is 2.10. The smallest absolute Gasteiger partial charge is 0.0709 e. The zero-order chi connectivity index (χ0) is 10.5. The highest BCUT2D eigenvalue weighted by molar-refractivity contribution is 5.77. The zero-order valence-electron chi connectivity index (χ0n) is 8.59. The molecule has 3 heteroatoms. The summed E-state index contributed by atoms with van der Waals surface area (Å²) < 4.78 is 0. The van der Waals surface area contributed by atoms with Crippen molar-refractivity contribution in [2.45, 2.75) is 0 Å². The second-order valence-electron chi connectivity index (χ2n) is 3.23. The number of benzene rings is 1. The first-order valence-corrected chi connectivity index (χ1v) is 4.82. The molecule has 0 aliphatic carbocycles. The number of hydrazone groups is 1. The van der Waals surface area contributed by atoms with Gasteiger partial charge in [0.1, 0.15) is 0 Å². The Morgan fingerprint density at radius 2 is 1.93 bits per heavy atom. The van der Waals surface area contributed by atoms with E-state index in [1.54, 1.807) is 6.21 Å². The number of H-pyrrole nitrogens is 1. The van der Waals surface area contributed by atoms with Crippen LogP contribution >= 0.6 is 0 Å². The van der Waals surface area contributed by atoms with Crippen LogP contribution in [-0.2, 0) is 0 Å². The molecule has 76 valence electrons. The van der Waals surface area contributed by atoms with E-state index in [4.69, 9.17) is 0 Å². The highest BCUT2D eigenvalue weighted by atomic mass is 15.4. The third kappa shape index (κ3) is 2.47. The van der Waals surface area contributed by atoms with E-state index in [-0.39, 0.29) is 0 Å². The van der Waals surface area contributed by atoms with Gasteiger partial charge in [0.2, 0.25) is 0 Å². The van der Waals surface area contributed by atoms with E-state index in [9.17, 15) is 0 Å². The van der Waals surface area contributed by atoms with E-state index in [0.29, 0.717) is 0 Å². The maximum absolute atomic E-state index is 4.31. The predicted octanol–water partition coefficient (Wildman–Crippen LogP) is 2.49. The molecule has 0 saturated carbocycles. The molecule has 15 heavy (non-hydrogen) atoms. The Morgan fingerprint density at radius 1 is 1.13 bits per heavy atom. The molecule has 0 spiro atoms. The van der Waals surface area contributed by atoms with Gasteiger partial charge >= 0.3 is 0 Å². The van der Waals surface area contributed by atoms with E-state index >= 15 is 0 Å². The van der Waals surface area contributed by atoms with Crippen LogP contribution in [0.3, 0.4) is 0 Å². The summed E-state index contributed by atoms with van der Waals surface area (Å²) in [6, 6.07) is 13.9. The first-order valence-electron chi connectivity index (χ1n) is 4.82. The van der Waals surface area contributed by atoms with Crippen LogP contribution in [0.1, 0.15) is 5.69 Å². The van der Waals surface area contributed by atoms with Gasteiger partial charge in [-0.3, -0.25) is 5.01 Å². The number of aromatic nitrogens is 1. The molecule has 0 aliphatic rings. The van der Waals surface area contributed by atoms with Crippen LogP contribution in [0.4, 0.5) is 5.69 Å². The van der Waals surface area contributed by atoms with Crippen molar-refractivity contribution in [3.8, 4) is 0 Å². The molecule has 2 aromatic rings. The molecular formula is C12H13N3. The Hall–Kier alpha value is -2.03. The number of nitrogens with zero attached hydrogens (tertiary/aromatic N) is 2. The number of anilines is 1. The first kappa shape index (κ1) is 9.52. The molecule has 1 N–H and O–H groups in total. The third-order valence-corrected chi connectivity index (χ3v) is 2.12. The average molecular weight is 199 g/mol. The van der Waals surface area contributed by atoms with Gasteiger partial charge in [-0.05, 0) is 24.3 Å². The zero-order valence-corrected chi connectivity index (χ0v) is 8.59. The minimum absolute atomic E-state index is 0.998. The van der Waals surface area contributed by atoms with Gasteiger partial charge in [0.15, 0.2) is 0 Å². The maximum atomic E-state index is 4.31. The fraction of sp³-hybridized carbons (Fsp3) is 0.0833. The van der Waals surface area contributed by atoms with Gasteiger partial charge in [-0.1, -0.05) is 18.2 Å². The minimum Gasteiger partial charge on any atom is -0.360 e. The first-order chi connectivity index (χ1) is 7.36. The quantitative estimate of drug-likeness (QED) is 0.597. The van der Waals surface area contributed by atoms with Crippen LogP contribution in [-0.4, -0.2) is 18.2 Å². The van der Waals surface area contributed by atoms with Crippen molar-refractivity contribution in [1.82, 2.24) is 4.98 Å². The molecule has 0 unspecified atom stereocenters. The van der Waals surface area contributed by atoms with Crippen LogP contribution < -0.4 is 5.01 Å². The van der Waals surface area contributed by atoms with Crippen molar-refractivity contribution >= 4 is 11.9 Å². The van der Waals surface area contributed by atoms with Crippen LogP contribution in [0.25, 0.3) is 0 Å². The van der Waals surface area contributed by atoms with Gasteiger partial charge in [-0.2, -0.15) is 5.10 Å². The summed E-state index contributed by atoms with van der Waals surface area (Å²) in [7, 11) is 1.93. The minimum atomic E-state index is 0.998. The number of hydrogen-bond donors (Lipinski definition) is 1. The van der Waals surface area contributed by atoms with Gasteiger partial charge in [0, 0.05) is 13.2 Å². The fourth-order valence-corrected chi connectivity index (χ4v) is 1.28. The summed E-state index contributed by atoms with van der Waals surface area (Å²) in [6.07, 6.45) is 3.68. The van der Waals surface area contributed by atoms with Crippen LogP contribution in [0.2, 0.25) is 0 Å². The lowest BCUT2D eigenvalue weighted by atomic mass is 10.3. The highest BCUT2D eigenvalue weighted by Gasteiger charge is 1.94. The average Bonchev–Trinajstić information content (AvgIpc) is 2.80. The number of rotatable bonds is 3. The van der Waals surface area contributed by atoms with Crippen LogP contribution in [0, 0.1) is 0 Å². The van der Waals surface area contributed by atoms with Gasteiger partial charge < -0.3 is 4.98 Å². The van der Waals surface area contributed by atoms with Crippen molar-refractivity contribution < 1.29 is 0 Å². The lowest BCUT2D eigenvalue weighted by Crippen LogP contribution is -2.08. The van der Waals surface area contributed by atoms with Crippen molar-refractivity contribution in [2.24, 2.45) is 5.10 Å². The third-order valence-electron chi connectivity index (χ3n) is 2.12. The summed E-state index contributed by atoms with van der Waals surface area (Å²) in [5.41, 5.74) is 2.07. The fourth-order valence-electron chi connectivity index (χ4n) is 1.28. The van der Waals surface area contributed by atoms with Crippen molar-refractivity contribution in [2.75, 3.05) is 12.1 Å². The summed E-state index contributed by atoms with van der Waals surface area (Å²) in [4.78, 5) is 3.07. The van der Waals surface area contributed by atoms with Gasteiger partial charge in [0.05, 0.1) is 17.6 Å². The standard InChI is InChI=1S/C12H13N3/c1-15(12-7-3-2-4-8-12)14-10-11-6-5-9-13-11/h2-10,13H,1H3. The Balaban J connectivity index is 2.07. The lowest BCUT2D eigenvalue weighted by molar-refractivity contribution is 1.02. The SMILES string of the molecule is CN(N=Cc1ccc[nH]1)c1ccccc1. The Morgan fingerprint density at radius 3 is 2.60 bits per heavy atom. The van der Waals surface area contributed by atoms with Gasteiger partial charge in [0.25, 0.3) is 0 Å². The van der Waals surface area contributed by atoms with E-state index in [1.807, 2.05) is 60.7 Å². The predicted molar refractivity (Wildman–Crippen MR) is 63.2 cm³/mol. The Labute approximate surface area is 89.1 Å². The molecule has 3 nitrogen and oxygen atoms in total. The van der Waals surface area contributed by atoms with Crippen molar-refractivity contribution in [1.29, 1.82) is 0 Å². The number of hydrogen-bond acceptors (Lipinski definition) is 2. The Bertz CT molecular complexity index is 417. The molecule has 0 atom stereocenters. The second kappa shape index (κ2) is 4.46. The number of nitrogens with one attached hydrogen (secondary N) is 1. The maximum Gasteiger partial charge on any atom is 0.0709 e. The largest absolute Gasteiger partial charge is 0.360 e. The summed E-state index contributed by atoms with van der Waals surface area (Å²) in [6.45, 7) is 0. The van der Waals surface area contributed by atoms with E-state index in [1.165, 1.54) is 0 Å². The molecule has 2 rings (SSSR count). The molecule has 0 saturated heterocycles. The van der Waals surface area contributed by atoms with Crippen molar-refractivity contribution in [3.63, 3.8) is 0 Å². The van der Waals surface area contributed by atoms with E-state index in [2.05, 4.69) is 10.1 Å². The summed E-state index contributed by atoms with van der Waals surface area (Å²) in [5, 5.41) is 6.15. The van der Waals surface area contributed by atoms with E-state index in [0.717, 1.165) is 11.4 Å². The molecule has 0 radical (unpaired) electrons. The van der Waals surface area contributed by atoms with Crippen molar-refractivity contribution in [3.05, 3.63) is 54.4 Å². The molecule has 1 aromatic carbocycles. The monoisotopic (exact) mass is 199 g/mol. The van der Waals surface area contributed by atoms with Gasteiger partial charge in [-0.25, -0.2) is 0 Å². The molecule has 0 aliphatic heterocycles. The summed E-state index contributed by atoms with van der Waals surface area (Å²) >= 11 is 0. The van der Waals surface area contributed by atoms with Crippen LogP contribution in [0.15, 0.2) is 53.8 Å². The molecule has 0 amide bonds. The molecular weight excluding hydrogens is 186 g/mol. The number of para-hydroxylation sites is 1. The summed E-state index contributed by atoms with van der Waals surface area (Å²) in [5.74, 6) is 0. The second-order valence-corrected chi connectivity index (χ2v) is 3.23. The van der Waals surface area contributed by atoms with Gasteiger partial charge in [-0.15, -0.1) is 0 Å². The topological polar surface area (TPSA) is 31.4 Å². The normalized spacial score (nSPS) is 10.7. The lowest BCUT2D eigenvalue weighted by Gasteiger charge is -2.11. The molecule has 1 aromatic heterocycles. The molecule has 0 bridgehead atoms. The van der Waals surface area contributed by atoms with Crippen LogP contribution in [0.5, 0.6) is 0 Å².